The maximum atomic E-state index is 6.29. The van der Waals surface area contributed by atoms with E-state index < -0.39 is 0 Å². The van der Waals surface area contributed by atoms with Gasteiger partial charge in [0.15, 0.2) is 0 Å². The van der Waals surface area contributed by atoms with Crippen molar-refractivity contribution in [2.75, 3.05) is 39.3 Å². The molecular weight excluding hydrogens is 208 g/mol. The summed E-state index contributed by atoms with van der Waals surface area (Å²) in [5.74, 6) is 0.691. The maximum absolute atomic E-state index is 6.29. The third-order valence-electron chi connectivity index (χ3n) is 3.58. The Hall–Kier alpha value is 0.210. The molecule has 1 aliphatic rings. The van der Waals surface area contributed by atoms with E-state index in [1.807, 2.05) is 0 Å². The van der Waals surface area contributed by atoms with Crippen LogP contribution in [0.2, 0.25) is 0 Å². The van der Waals surface area contributed by atoms with Gasteiger partial charge in [-0.2, -0.15) is 0 Å². The quantitative estimate of drug-likeness (QED) is 0.672. The van der Waals surface area contributed by atoms with Gasteiger partial charge in [-0.3, -0.25) is 0 Å². The summed E-state index contributed by atoms with van der Waals surface area (Å²) in [7, 11) is 0. The topological polar surface area (TPSA) is 6.48 Å². The Morgan fingerprint density at radius 2 is 2.00 bits per heavy atom. The van der Waals surface area contributed by atoms with Crippen molar-refractivity contribution in [3.63, 3.8) is 0 Å². The van der Waals surface area contributed by atoms with Crippen molar-refractivity contribution >= 4 is 11.6 Å². The fourth-order valence-electron chi connectivity index (χ4n) is 2.11. The van der Waals surface area contributed by atoms with Gasteiger partial charge in [-0.1, -0.05) is 20.8 Å². The Bertz CT molecular complexity index is 171. The minimum absolute atomic E-state index is 0.357. The Balaban J connectivity index is 2.22. The van der Waals surface area contributed by atoms with Gasteiger partial charge < -0.3 is 9.80 Å². The van der Waals surface area contributed by atoms with Crippen LogP contribution in [0.4, 0.5) is 0 Å². The molecule has 1 saturated heterocycles. The molecule has 2 nitrogen and oxygen atoms in total. The van der Waals surface area contributed by atoms with Crippen LogP contribution in [-0.2, 0) is 0 Å². The van der Waals surface area contributed by atoms with Gasteiger partial charge in [0, 0.05) is 25.0 Å². The Morgan fingerprint density at radius 1 is 1.33 bits per heavy atom. The summed E-state index contributed by atoms with van der Waals surface area (Å²) in [6.07, 6.45) is 1.26. The lowest BCUT2D eigenvalue weighted by Crippen LogP contribution is -2.43. The van der Waals surface area contributed by atoms with Gasteiger partial charge in [0.1, 0.15) is 0 Å². The van der Waals surface area contributed by atoms with E-state index in [4.69, 9.17) is 11.6 Å². The fraction of sp³-hybridized carbons (Fsp3) is 1.00. The van der Waals surface area contributed by atoms with E-state index in [-0.39, 0.29) is 0 Å². The first kappa shape index (κ1) is 13.3. The van der Waals surface area contributed by atoms with Crippen molar-refractivity contribution in [2.24, 2.45) is 5.92 Å². The molecule has 15 heavy (non-hydrogen) atoms. The van der Waals surface area contributed by atoms with E-state index in [9.17, 15) is 0 Å². The average Bonchev–Trinajstić information content (AvgIpc) is 2.24. The zero-order valence-electron chi connectivity index (χ0n) is 10.4. The van der Waals surface area contributed by atoms with E-state index in [0.717, 1.165) is 19.6 Å². The number of hydrogen-bond acceptors (Lipinski definition) is 2. The molecule has 3 heteroatoms. The summed E-state index contributed by atoms with van der Waals surface area (Å²) in [6.45, 7) is 13.7. The van der Waals surface area contributed by atoms with Crippen molar-refractivity contribution in [3.05, 3.63) is 0 Å². The molecule has 0 aromatic rings. The van der Waals surface area contributed by atoms with E-state index >= 15 is 0 Å². The lowest BCUT2D eigenvalue weighted by Gasteiger charge is -2.35. The van der Waals surface area contributed by atoms with Crippen LogP contribution in [0.5, 0.6) is 0 Å². The van der Waals surface area contributed by atoms with E-state index in [1.54, 1.807) is 0 Å². The van der Waals surface area contributed by atoms with Gasteiger partial charge in [0.05, 0.1) is 0 Å². The van der Waals surface area contributed by atoms with Crippen LogP contribution >= 0.6 is 11.6 Å². The van der Waals surface area contributed by atoms with Crippen LogP contribution < -0.4 is 0 Å². The molecule has 0 aromatic carbocycles. The monoisotopic (exact) mass is 232 g/mol. The first-order valence-corrected chi connectivity index (χ1v) is 6.69. The molecule has 1 fully saturated rings. The second-order valence-corrected chi connectivity index (χ2v) is 5.17. The largest absolute Gasteiger partial charge is 0.303 e. The van der Waals surface area contributed by atoms with E-state index in [1.165, 1.54) is 26.1 Å². The van der Waals surface area contributed by atoms with Gasteiger partial charge in [-0.25, -0.2) is 0 Å². The van der Waals surface area contributed by atoms with E-state index in [0.29, 0.717) is 11.3 Å². The first-order valence-electron chi connectivity index (χ1n) is 6.26. The second-order valence-electron chi connectivity index (χ2n) is 4.61. The first-order chi connectivity index (χ1) is 7.17. The normalized spacial score (nSPS) is 28.6. The number of rotatable bonds is 5. The zero-order valence-corrected chi connectivity index (χ0v) is 11.1. The Kier molecular flexibility index (Phi) is 5.95. The Labute approximate surface area is 99.6 Å². The number of likely N-dealkylation sites (tertiary alicyclic amines) is 1. The number of alkyl halides is 1. The SMILES string of the molecule is CCN(CC)CCN1CCC(C)C(Cl)C1. The highest BCUT2D eigenvalue weighted by atomic mass is 35.5. The minimum Gasteiger partial charge on any atom is -0.303 e. The smallest absolute Gasteiger partial charge is 0.0489 e. The molecule has 0 spiro atoms. The van der Waals surface area contributed by atoms with Crippen molar-refractivity contribution in [3.8, 4) is 0 Å². The van der Waals surface area contributed by atoms with Crippen LogP contribution in [0.25, 0.3) is 0 Å². The number of nitrogens with zero attached hydrogens (tertiary/aromatic N) is 2. The van der Waals surface area contributed by atoms with Gasteiger partial charge in [0.25, 0.3) is 0 Å². The van der Waals surface area contributed by atoms with Crippen molar-refractivity contribution in [2.45, 2.75) is 32.6 Å². The molecule has 2 atom stereocenters. The molecule has 90 valence electrons. The summed E-state index contributed by atoms with van der Waals surface area (Å²) in [5.41, 5.74) is 0. The van der Waals surface area contributed by atoms with Crippen LogP contribution in [0, 0.1) is 5.92 Å². The van der Waals surface area contributed by atoms with Crippen LogP contribution in [0.3, 0.4) is 0 Å². The molecule has 0 N–H and O–H groups in total. The van der Waals surface area contributed by atoms with Gasteiger partial charge in [-0.15, -0.1) is 11.6 Å². The molecule has 0 aliphatic carbocycles. The van der Waals surface area contributed by atoms with Gasteiger partial charge >= 0.3 is 0 Å². The summed E-state index contributed by atoms with van der Waals surface area (Å²) in [5, 5.41) is 0.357. The molecule has 0 bridgehead atoms. The molecule has 2 unspecified atom stereocenters. The molecule has 1 rings (SSSR count). The second kappa shape index (κ2) is 6.72. The fourth-order valence-corrected chi connectivity index (χ4v) is 2.43. The van der Waals surface area contributed by atoms with Crippen molar-refractivity contribution in [1.29, 1.82) is 0 Å². The number of halogens is 1. The summed E-state index contributed by atoms with van der Waals surface area (Å²) >= 11 is 6.29. The number of piperidine rings is 1. The number of hydrogen-bond donors (Lipinski definition) is 0. The zero-order chi connectivity index (χ0) is 11.3. The number of likely N-dealkylation sites (N-methyl/N-ethyl adjacent to an activating group) is 1. The van der Waals surface area contributed by atoms with Crippen LogP contribution in [-0.4, -0.2) is 54.4 Å². The van der Waals surface area contributed by atoms with Gasteiger partial charge in [-0.05, 0) is 32.0 Å². The average molecular weight is 233 g/mol. The van der Waals surface area contributed by atoms with Crippen molar-refractivity contribution < 1.29 is 0 Å². The third-order valence-corrected chi connectivity index (χ3v) is 4.15. The highest BCUT2D eigenvalue weighted by molar-refractivity contribution is 6.21. The Morgan fingerprint density at radius 3 is 2.53 bits per heavy atom. The lowest BCUT2D eigenvalue weighted by atomic mass is 9.99. The molecule has 1 aliphatic heterocycles. The van der Waals surface area contributed by atoms with E-state index in [2.05, 4.69) is 30.6 Å². The highest BCUT2D eigenvalue weighted by Gasteiger charge is 2.23. The molecule has 0 amide bonds. The van der Waals surface area contributed by atoms with Crippen LogP contribution in [0.1, 0.15) is 27.2 Å². The molecule has 0 saturated carbocycles. The maximum Gasteiger partial charge on any atom is 0.0489 e. The molecule has 1 heterocycles. The standard InChI is InChI=1S/C12H25ClN2/c1-4-14(5-2)8-9-15-7-6-11(3)12(13)10-15/h11-12H,4-10H2,1-3H3. The molecule has 0 aromatic heterocycles. The highest BCUT2D eigenvalue weighted by Crippen LogP contribution is 2.21. The molecule has 0 radical (unpaired) electrons. The summed E-state index contributed by atoms with van der Waals surface area (Å²) < 4.78 is 0. The van der Waals surface area contributed by atoms with Crippen molar-refractivity contribution in [1.82, 2.24) is 9.80 Å². The summed E-state index contributed by atoms with van der Waals surface area (Å²) in [4.78, 5) is 4.98. The van der Waals surface area contributed by atoms with Crippen LogP contribution in [0.15, 0.2) is 0 Å². The third kappa shape index (κ3) is 4.29. The van der Waals surface area contributed by atoms with Gasteiger partial charge in [0.2, 0.25) is 0 Å². The lowest BCUT2D eigenvalue weighted by molar-refractivity contribution is 0.168. The summed E-state index contributed by atoms with van der Waals surface area (Å²) in [6, 6.07) is 0. The molecular formula is C12H25ClN2. The predicted molar refractivity (Wildman–Crippen MR) is 67.7 cm³/mol. The minimum atomic E-state index is 0.357. The predicted octanol–water partition coefficient (Wildman–Crippen LogP) is 2.28.